The smallest absolute Gasteiger partial charge is 0.411 e. The number of methoxy groups -OCH3 is 1. The Morgan fingerprint density at radius 1 is 1.19 bits per heavy atom. The van der Waals surface area contributed by atoms with Crippen LogP contribution in [0.3, 0.4) is 0 Å². The first-order valence-electron chi connectivity index (χ1n) is 7.59. The lowest BCUT2D eigenvalue weighted by Crippen LogP contribution is -2.44. The van der Waals surface area contributed by atoms with E-state index >= 15 is 0 Å². The van der Waals surface area contributed by atoms with Crippen molar-refractivity contribution >= 4 is 39.0 Å². The fraction of sp³-hybridized carbons (Fsp3) is 0.250. The highest BCUT2D eigenvalue weighted by molar-refractivity contribution is 7.91. The summed E-state index contributed by atoms with van der Waals surface area (Å²) in [6, 6.07) is 8.98. The highest BCUT2D eigenvalue weighted by atomic mass is 32.2. The second-order valence-electron chi connectivity index (χ2n) is 5.31. The van der Waals surface area contributed by atoms with Gasteiger partial charge in [0.15, 0.2) is 0 Å². The molecule has 10 heteroatoms. The van der Waals surface area contributed by atoms with Crippen LogP contribution in [0.25, 0.3) is 0 Å². The van der Waals surface area contributed by atoms with Crippen LogP contribution < -0.4 is 15.4 Å². The van der Waals surface area contributed by atoms with Gasteiger partial charge in [-0.05, 0) is 36.1 Å². The molecule has 0 aliphatic heterocycles. The Labute approximate surface area is 155 Å². The Kier molecular flexibility index (Phi) is 6.72. The van der Waals surface area contributed by atoms with Crippen molar-refractivity contribution in [1.82, 2.24) is 10.0 Å². The van der Waals surface area contributed by atoms with Crippen LogP contribution in [-0.2, 0) is 26.1 Å². The molecule has 26 heavy (non-hydrogen) atoms. The number of hydrogen-bond donors (Lipinski definition) is 3. The lowest BCUT2D eigenvalue weighted by Gasteiger charge is -2.14. The molecule has 2 rings (SSSR count). The molecular weight excluding hydrogens is 378 g/mol. The fourth-order valence-corrected chi connectivity index (χ4v) is 4.19. The van der Waals surface area contributed by atoms with Crippen LogP contribution in [0.1, 0.15) is 12.5 Å². The van der Waals surface area contributed by atoms with Gasteiger partial charge in [0.2, 0.25) is 5.91 Å². The predicted molar refractivity (Wildman–Crippen MR) is 98.4 cm³/mol. The minimum atomic E-state index is -3.71. The molecule has 0 saturated heterocycles. The third kappa shape index (κ3) is 5.55. The molecule has 0 spiro atoms. The van der Waals surface area contributed by atoms with Crippen LogP contribution in [0, 0.1) is 0 Å². The van der Waals surface area contributed by atoms with Crippen molar-refractivity contribution in [2.75, 3.05) is 12.4 Å². The summed E-state index contributed by atoms with van der Waals surface area (Å²) in [6.07, 6.45) is -0.571. The number of anilines is 1. The molecule has 1 atom stereocenters. The maximum atomic E-state index is 12.1. The fourth-order valence-electron chi connectivity index (χ4n) is 1.98. The molecule has 0 bridgehead atoms. The number of benzene rings is 1. The summed E-state index contributed by atoms with van der Waals surface area (Å²) in [5.74, 6) is -0.443. The maximum absolute atomic E-state index is 12.1. The van der Waals surface area contributed by atoms with E-state index in [1.54, 1.807) is 35.7 Å². The van der Waals surface area contributed by atoms with Crippen LogP contribution in [0.4, 0.5) is 10.5 Å². The van der Waals surface area contributed by atoms with E-state index < -0.39 is 28.1 Å². The molecule has 0 fully saturated rings. The van der Waals surface area contributed by atoms with Crippen LogP contribution in [0.5, 0.6) is 0 Å². The van der Waals surface area contributed by atoms with E-state index in [-0.39, 0.29) is 10.8 Å². The molecule has 1 aromatic heterocycles. The van der Waals surface area contributed by atoms with E-state index in [4.69, 9.17) is 0 Å². The zero-order valence-corrected chi connectivity index (χ0v) is 15.8. The van der Waals surface area contributed by atoms with E-state index in [1.807, 2.05) is 0 Å². The van der Waals surface area contributed by atoms with E-state index in [0.717, 1.165) is 16.9 Å². The van der Waals surface area contributed by atoms with Crippen molar-refractivity contribution in [1.29, 1.82) is 0 Å². The molecular formula is C16H19N3O5S2. The quantitative estimate of drug-likeness (QED) is 0.660. The van der Waals surface area contributed by atoms with Crippen molar-refractivity contribution in [2.24, 2.45) is 0 Å². The highest BCUT2D eigenvalue weighted by Gasteiger charge is 2.22. The third-order valence-corrected chi connectivity index (χ3v) is 6.28. The number of ether oxygens (including phenoxy) is 1. The van der Waals surface area contributed by atoms with Gasteiger partial charge in [-0.1, -0.05) is 18.2 Å². The Balaban J connectivity index is 1.87. The summed E-state index contributed by atoms with van der Waals surface area (Å²) in [6.45, 7) is 1.70. The number of carbonyl (C=O) groups is 2. The monoisotopic (exact) mass is 397 g/mol. The van der Waals surface area contributed by atoms with Gasteiger partial charge in [-0.3, -0.25) is 10.1 Å². The summed E-state index contributed by atoms with van der Waals surface area (Å²) in [7, 11) is -2.44. The molecule has 1 aromatic carbocycles. The topological polar surface area (TPSA) is 114 Å². The molecule has 2 amide bonds. The average Bonchev–Trinajstić information content (AvgIpc) is 3.16. The average molecular weight is 397 g/mol. The van der Waals surface area contributed by atoms with Crippen molar-refractivity contribution in [3.05, 3.63) is 47.3 Å². The summed E-state index contributed by atoms with van der Waals surface area (Å²) in [5, 5.41) is 6.83. The van der Waals surface area contributed by atoms with E-state index in [2.05, 4.69) is 20.1 Å². The zero-order chi connectivity index (χ0) is 19.2. The minimum absolute atomic E-state index is 0.158. The first kappa shape index (κ1) is 19.9. The second-order valence-corrected chi connectivity index (χ2v) is 8.19. The summed E-state index contributed by atoms with van der Waals surface area (Å²) < 4.78 is 31.2. The summed E-state index contributed by atoms with van der Waals surface area (Å²) >= 11 is 1.08. The van der Waals surface area contributed by atoms with Gasteiger partial charge >= 0.3 is 6.09 Å². The Hall–Kier alpha value is -2.43. The van der Waals surface area contributed by atoms with E-state index in [1.165, 1.54) is 20.1 Å². The van der Waals surface area contributed by atoms with Gasteiger partial charge in [0.1, 0.15) is 4.21 Å². The molecule has 1 unspecified atom stereocenters. The number of sulfonamides is 1. The van der Waals surface area contributed by atoms with Crippen LogP contribution in [0.15, 0.2) is 46.0 Å². The standard InChI is InChI=1S/C16H19N3O5S2/c1-11(19-26(22,23)14-4-3-9-25-14)15(20)17-10-12-5-7-13(8-6-12)18-16(21)24-2/h3-9,11,19H,10H2,1-2H3,(H,17,20)(H,18,21). The summed E-state index contributed by atoms with van der Waals surface area (Å²) in [5.41, 5.74) is 1.35. The molecule has 140 valence electrons. The summed E-state index contributed by atoms with van der Waals surface area (Å²) in [4.78, 5) is 23.2. The van der Waals surface area contributed by atoms with Crippen LogP contribution >= 0.6 is 11.3 Å². The predicted octanol–water partition coefficient (Wildman–Crippen LogP) is 1.91. The molecule has 2 aromatic rings. The minimum Gasteiger partial charge on any atom is -0.453 e. The largest absolute Gasteiger partial charge is 0.453 e. The van der Waals surface area contributed by atoms with Gasteiger partial charge in [-0.2, -0.15) is 4.72 Å². The molecule has 0 radical (unpaired) electrons. The number of hydrogen-bond acceptors (Lipinski definition) is 6. The highest BCUT2D eigenvalue weighted by Crippen LogP contribution is 2.15. The number of rotatable bonds is 7. The van der Waals surface area contributed by atoms with Gasteiger partial charge in [0, 0.05) is 12.2 Å². The molecule has 1 heterocycles. The van der Waals surface area contributed by atoms with Gasteiger partial charge in [-0.15, -0.1) is 11.3 Å². The van der Waals surface area contributed by atoms with Gasteiger partial charge in [-0.25, -0.2) is 13.2 Å². The lowest BCUT2D eigenvalue weighted by molar-refractivity contribution is -0.122. The van der Waals surface area contributed by atoms with Crippen molar-refractivity contribution in [2.45, 2.75) is 23.7 Å². The van der Waals surface area contributed by atoms with E-state index in [9.17, 15) is 18.0 Å². The third-order valence-electron chi connectivity index (χ3n) is 3.34. The second kappa shape index (κ2) is 8.79. The number of amides is 2. The van der Waals surface area contributed by atoms with E-state index in [0.29, 0.717) is 5.69 Å². The first-order chi connectivity index (χ1) is 12.3. The molecule has 0 aliphatic carbocycles. The molecule has 8 nitrogen and oxygen atoms in total. The van der Waals surface area contributed by atoms with Crippen molar-refractivity contribution in [3.63, 3.8) is 0 Å². The normalized spacial score (nSPS) is 12.2. The van der Waals surface area contributed by atoms with Crippen LogP contribution in [-0.4, -0.2) is 33.6 Å². The number of thiophene rings is 1. The van der Waals surface area contributed by atoms with Crippen molar-refractivity contribution in [3.8, 4) is 0 Å². The van der Waals surface area contributed by atoms with Gasteiger partial charge in [0.25, 0.3) is 10.0 Å². The van der Waals surface area contributed by atoms with Crippen LogP contribution in [0.2, 0.25) is 0 Å². The van der Waals surface area contributed by atoms with Gasteiger partial charge < -0.3 is 10.1 Å². The Bertz CT molecular complexity index is 849. The van der Waals surface area contributed by atoms with Gasteiger partial charge in [0.05, 0.1) is 13.2 Å². The number of nitrogens with one attached hydrogen (secondary N) is 3. The molecule has 3 N–H and O–H groups in total. The lowest BCUT2D eigenvalue weighted by atomic mass is 10.2. The SMILES string of the molecule is COC(=O)Nc1ccc(CNC(=O)C(C)NS(=O)(=O)c2cccs2)cc1. The molecule has 0 saturated carbocycles. The molecule has 0 aliphatic rings. The zero-order valence-electron chi connectivity index (χ0n) is 14.2. The Morgan fingerprint density at radius 2 is 1.88 bits per heavy atom. The first-order valence-corrected chi connectivity index (χ1v) is 9.95. The number of carbonyl (C=O) groups excluding carboxylic acids is 2. The van der Waals surface area contributed by atoms with Crippen molar-refractivity contribution < 1.29 is 22.7 Å². The maximum Gasteiger partial charge on any atom is 0.411 e. The Morgan fingerprint density at radius 3 is 2.46 bits per heavy atom.